The monoisotopic (exact) mass is 311 g/mol. The Kier molecular flexibility index (Phi) is 3.18. The van der Waals surface area contributed by atoms with E-state index < -0.39 is 11.9 Å². The minimum absolute atomic E-state index is 0.186. The van der Waals surface area contributed by atoms with Crippen molar-refractivity contribution in [1.82, 2.24) is 4.57 Å². The van der Waals surface area contributed by atoms with Crippen LogP contribution in [0.4, 0.5) is 0 Å². The number of aromatic carboxylic acids is 2. The molecule has 0 spiro atoms. The molecule has 0 unspecified atom stereocenters. The summed E-state index contributed by atoms with van der Waals surface area (Å²) in [6.07, 6.45) is 0. The normalized spacial score (nSPS) is 12.0. The van der Waals surface area contributed by atoms with Crippen LogP contribution in [0.15, 0.2) is 36.4 Å². The van der Waals surface area contributed by atoms with Crippen LogP contribution in [-0.4, -0.2) is 26.7 Å². The van der Waals surface area contributed by atoms with Gasteiger partial charge in [-0.3, -0.25) is 0 Å². The summed E-state index contributed by atoms with van der Waals surface area (Å²) in [5.74, 6) is -2.00. The standard InChI is InChI=1S/C18H17NO4/c1-18(2,3)19-14-6-4-10(16(20)21)8-12(14)13-9-11(17(22)23)5-7-15(13)19/h4-9H,1-3H3,(H,20,21)(H,22,23). The van der Waals surface area contributed by atoms with Crippen molar-refractivity contribution in [2.45, 2.75) is 26.3 Å². The van der Waals surface area contributed by atoms with Crippen LogP contribution in [0.2, 0.25) is 0 Å². The van der Waals surface area contributed by atoms with Crippen LogP contribution >= 0.6 is 0 Å². The summed E-state index contributed by atoms with van der Waals surface area (Å²) >= 11 is 0. The zero-order valence-corrected chi connectivity index (χ0v) is 13.1. The highest BCUT2D eigenvalue weighted by molar-refractivity contribution is 6.11. The molecule has 0 bridgehead atoms. The SMILES string of the molecule is CC(C)(C)n1c2ccc(C(=O)O)cc2c2cc(C(=O)O)ccc21. The summed E-state index contributed by atoms with van der Waals surface area (Å²) in [4.78, 5) is 22.5. The quantitative estimate of drug-likeness (QED) is 0.751. The molecule has 2 N–H and O–H groups in total. The minimum Gasteiger partial charge on any atom is -0.478 e. The van der Waals surface area contributed by atoms with E-state index in [1.165, 1.54) is 0 Å². The van der Waals surface area contributed by atoms with E-state index in [1.54, 1.807) is 36.4 Å². The molecule has 0 saturated heterocycles. The molecule has 1 aromatic heterocycles. The van der Waals surface area contributed by atoms with Gasteiger partial charge in [0, 0.05) is 27.3 Å². The fraction of sp³-hybridized carbons (Fsp3) is 0.222. The second kappa shape index (κ2) is 4.84. The molecule has 0 saturated carbocycles. The van der Waals surface area contributed by atoms with E-state index in [0.717, 1.165) is 21.8 Å². The maximum Gasteiger partial charge on any atom is 0.335 e. The topological polar surface area (TPSA) is 79.5 Å². The lowest BCUT2D eigenvalue weighted by molar-refractivity contribution is 0.0686. The third kappa shape index (κ3) is 2.34. The number of hydrogen-bond acceptors (Lipinski definition) is 2. The van der Waals surface area contributed by atoms with Crippen molar-refractivity contribution in [2.75, 3.05) is 0 Å². The van der Waals surface area contributed by atoms with E-state index in [1.807, 2.05) is 0 Å². The maximum atomic E-state index is 11.3. The number of hydrogen-bond donors (Lipinski definition) is 2. The predicted molar refractivity (Wildman–Crippen MR) is 88.4 cm³/mol. The van der Waals surface area contributed by atoms with Crippen LogP contribution in [-0.2, 0) is 5.54 Å². The van der Waals surface area contributed by atoms with Crippen LogP contribution in [0.25, 0.3) is 21.8 Å². The molecule has 0 amide bonds. The van der Waals surface area contributed by atoms with Crippen LogP contribution < -0.4 is 0 Å². The van der Waals surface area contributed by atoms with Gasteiger partial charge in [-0.1, -0.05) is 0 Å². The molecule has 23 heavy (non-hydrogen) atoms. The van der Waals surface area contributed by atoms with Crippen molar-refractivity contribution in [1.29, 1.82) is 0 Å². The highest BCUT2D eigenvalue weighted by atomic mass is 16.4. The first-order chi connectivity index (χ1) is 10.7. The van der Waals surface area contributed by atoms with E-state index in [4.69, 9.17) is 0 Å². The maximum absolute atomic E-state index is 11.3. The first-order valence-electron chi connectivity index (χ1n) is 7.25. The van der Waals surface area contributed by atoms with Gasteiger partial charge in [-0.05, 0) is 57.2 Å². The first kappa shape index (κ1) is 15.1. The van der Waals surface area contributed by atoms with E-state index in [-0.39, 0.29) is 16.7 Å². The van der Waals surface area contributed by atoms with Gasteiger partial charge in [-0.2, -0.15) is 0 Å². The minimum atomic E-state index is -1.00. The molecule has 3 rings (SSSR count). The van der Waals surface area contributed by atoms with Crippen molar-refractivity contribution >= 4 is 33.7 Å². The Morgan fingerprint density at radius 2 is 1.22 bits per heavy atom. The number of benzene rings is 2. The van der Waals surface area contributed by atoms with Crippen LogP contribution in [0.3, 0.4) is 0 Å². The molecule has 5 heteroatoms. The van der Waals surface area contributed by atoms with Crippen molar-refractivity contribution in [3.63, 3.8) is 0 Å². The van der Waals surface area contributed by atoms with E-state index >= 15 is 0 Å². The summed E-state index contributed by atoms with van der Waals surface area (Å²) in [6.45, 7) is 6.17. The number of aromatic nitrogens is 1. The third-order valence-electron chi connectivity index (χ3n) is 3.93. The molecule has 3 aromatic rings. The number of nitrogens with zero attached hydrogens (tertiary/aromatic N) is 1. The average molecular weight is 311 g/mol. The molecule has 0 aliphatic heterocycles. The lowest BCUT2D eigenvalue weighted by Gasteiger charge is -2.24. The zero-order chi connectivity index (χ0) is 16.9. The number of rotatable bonds is 2. The summed E-state index contributed by atoms with van der Waals surface area (Å²) in [5.41, 5.74) is 1.92. The van der Waals surface area contributed by atoms with Gasteiger partial charge >= 0.3 is 11.9 Å². The molecule has 0 fully saturated rings. The molecule has 1 heterocycles. The van der Waals surface area contributed by atoms with Gasteiger partial charge in [0.2, 0.25) is 0 Å². The van der Waals surface area contributed by atoms with Crippen molar-refractivity contribution < 1.29 is 19.8 Å². The molecule has 0 aliphatic rings. The first-order valence-corrected chi connectivity index (χ1v) is 7.25. The van der Waals surface area contributed by atoms with E-state index in [0.29, 0.717) is 0 Å². The van der Waals surface area contributed by atoms with Crippen LogP contribution in [0, 0.1) is 0 Å². The Morgan fingerprint density at radius 3 is 1.52 bits per heavy atom. The number of carboxylic acid groups (broad SMARTS) is 2. The van der Waals surface area contributed by atoms with Gasteiger partial charge in [0.05, 0.1) is 11.1 Å². The van der Waals surface area contributed by atoms with Crippen LogP contribution in [0.1, 0.15) is 41.5 Å². The largest absolute Gasteiger partial charge is 0.478 e. The molecule has 0 radical (unpaired) electrons. The molecular formula is C18H17NO4. The molecule has 0 aliphatic carbocycles. The van der Waals surface area contributed by atoms with Crippen molar-refractivity contribution in [3.05, 3.63) is 47.5 Å². The molecule has 0 atom stereocenters. The Hall–Kier alpha value is -2.82. The van der Waals surface area contributed by atoms with Crippen molar-refractivity contribution in [3.8, 4) is 0 Å². The van der Waals surface area contributed by atoms with E-state index in [2.05, 4.69) is 25.3 Å². The number of fused-ring (bicyclic) bond motifs is 3. The predicted octanol–water partition coefficient (Wildman–Crippen LogP) is 3.95. The second-order valence-electron chi connectivity index (χ2n) is 6.58. The Balaban J connectivity index is 2.50. The smallest absolute Gasteiger partial charge is 0.335 e. The summed E-state index contributed by atoms with van der Waals surface area (Å²) in [5, 5.41) is 19.9. The number of carboxylic acids is 2. The lowest BCUT2D eigenvalue weighted by Crippen LogP contribution is -2.21. The average Bonchev–Trinajstić information content (AvgIpc) is 2.79. The second-order valence-corrected chi connectivity index (χ2v) is 6.58. The van der Waals surface area contributed by atoms with Gasteiger partial charge in [0.1, 0.15) is 0 Å². The highest BCUT2D eigenvalue weighted by Gasteiger charge is 2.22. The fourth-order valence-electron chi connectivity index (χ4n) is 3.01. The van der Waals surface area contributed by atoms with Gasteiger partial charge in [0.25, 0.3) is 0 Å². The molecule has 5 nitrogen and oxygen atoms in total. The van der Waals surface area contributed by atoms with Crippen molar-refractivity contribution in [2.24, 2.45) is 0 Å². The fourth-order valence-corrected chi connectivity index (χ4v) is 3.01. The number of carbonyl (C=O) groups is 2. The Labute approximate surface area is 132 Å². The van der Waals surface area contributed by atoms with Crippen LogP contribution in [0.5, 0.6) is 0 Å². The van der Waals surface area contributed by atoms with Gasteiger partial charge in [-0.15, -0.1) is 0 Å². The molecule has 118 valence electrons. The highest BCUT2D eigenvalue weighted by Crippen LogP contribution is 2.35. The third-order valence-corrected chi connectivity index (χ3v) is 3.93. The summed E-state index contributed by atoms with van der Waals surface area (Å²) < 4.78 is 2.11. The Morgan fingerprint density at radius 1 is 0.826 bits per heavy atom. The Bertz CT molecular complexity index is 889. The van der Waals surface area contributed by atoms with Gasteiger partial charge in [0.15, 0.2) is 0 Å². The van der Waals surface area contributed by atoms with E-state index in [9.17, 15) is 19.8 Å². The summed E-state index contributed by atoms with van der Waals surface area (Å²) in [7, 11) is 0. The molecule has 2 aromatic carbocycles. The summed E-state index contributed by atoms with van der Waals surface area (Å²) in [6, 6.07) is 9.92. The molecular weight excluding hydrogens is 294 g/mol. The lowest BCUT2D eigenvalue weighted by atomic mass is 10.1. The van der Waals surface area contributed by atoms with Gasteiger partial charge in [-0.25, -0.2) is 9.59 Å². The zero-order valence-electron chi connectivity index (χ0n) is 13.1. The van der Waals surface area contributed by atoms with Gasteiger partial charge < -0.3 is 14.8 Å².